The molecular weight excluding hydrogens is 294 g/mol. The fraction of sp³-hybridized carbons (Fsp3) is 0.250. The molecule has 0 atom stereocenters. The Labute approximate surface area is 132 Å². The number of aromatic nitrogens is 5. The maximum Gasteiger partial charge on any atom is 0.328 e. The van der Waals surface area contributed by atoms with E-state index in [-0.39, 0.29) is 11.7 Å². The molecule has 23 heavy (non-hydrogen) atoms. The van der Waals surface area contributed by atoms with Crippen LogP contribution in [0.2, 0.25) is 0 Å². The van der Waals surface area contributed by atoms with E-state index in [0.717, 1.165) is 11.3 Å². The van der Waals surface area contributed by atoms with Gasteiger partial charge in [-0.1, -0.05) is 35.5 Å². The summed E-state index contributed by atoms with van der Waals surface area (Å²) in [5.41, 5.74) is 1.21. The third-order valence-electron chi connectivity index (χ3n) is 3.52. The lowest BCUT2D eigenvalue weighted by molar-refractivity contribution is 0.556. The SMILES string of the molecule is CC(C)n1cc(-n2cc(Cc3ccccc3)nn2)c(=O)[nH]c1=O. The highest BCUT2D eigenvalue weighted by Gasteiger charge is 2.11. The molecule has 0 unspecified atom stereocenters. The van der Waals surface area contributed by atoms with Crippen molar-refractivity contribution in [3.05, 3.63) is 74.8 Å². The summed E-state index contributed by atoms with van der Waals surface area (Å²) in [4.78, 5) is 26.1. The lowest BCUT2D eigenvalue weighted by Crippen LogP contribution is -2.33. The van der Waals surface area contributed by atoms with Crippen LogP contribution < -0.4 is 11.2 Å². The van der Waals surface area contributed by atoms with E-state index >= 15 is 0 Å². The first kappa shape index (κ1) is 15.0. The van der Waals surface area contributed by atoms with Gasteiger partial charge < -0.3 is 0 Å². The van der Waals surface area contributed by atoms with Crippen molar-refractivity contribution in [3.8, 4) is 5.69 Å². The van der Waals surface area contributed by atoms with Gasteiger partial charge in [0.05, 0.1) is 11.9 Å². The topological polar surface area (TPSA) is 85.6 Å². The van der Waals surface area contributed by atoms with E-state index in [9.17, 15) is 9.59 Å². The highest BCUT2D eigenvalue weighted by Crippen LogP contribution is 2.08. The van der Waals surface area contributed by atoms with Crippen molar-refractivity contribution >= 4 is 0 Å². The normalized spacial score (nSPS) is 11.1. The molecule has 0 aliphatic heterocycles. The summed E-state index contributed by atoms with van der Waals surface area (Å²) in [5, 5.41) is 8.10. The molecule has 2 aromatic heterocycles. The lowest BCUT2D eigenvalue weighted by atomic mass is 10.1. The van der Waals surface area contributed by atoms with Gasteiger partial charge in [0.1, 0.15) is 5.69 Å². The average Bonchev–Trinajstić information content (AvgIpc) is 2.96. The van der Waals surface area contributed by atoms with E-state index in [1.54, 1.807) is 6.20 Å². The molecule has 0 saturated heterocycles. The zero-order valence-electron chi connectivity index (χ0n) is 12.9. The van der Waals surface area contributed by atoms with Gasteiger partial charge in [-0.3, -0.25) is 14.3 Å². The molecule has 0 bridgehead atoms. The average molecular weight is 311 g/mol. The first-order chi connectivity index (χ1) is 11.0. The summed E-state index contributed by atoms with van der Waals surface area (Å²) >= 11 is 0. The summed E-state index contributed by atoms with van der Waals surface area (Å²) < 4.78 is 2.85. The summed E-state index contributed by atoms with van der Waals surface area (Å²) in [5.74, 6) is 0. The fourth-order valence-electron chi connectivity index (χ4n) is 2.32. The Bertz CT molecular complexity index is 921. The Hall–Kier alpha value is -2.96. The predicted molar refractivity (Wildman–Crippen MR) is 85.9 cm³/mol. The van der Waals surface area contributed by atoms with Crippen molar-refractivity contribution < 1.29 is 0 Å². The monoisotopic (exact) mass is 311 g/mol. The molecule has 0 fully saturated rings. The molecule has 0 aliphatic carbocycles. The minimum absolute atomic E-state index is 0.0644. The quantitative estimate of drug-likeness (QED) is 0.786. The van der Waals surface area contributed by atoms with Gasteiger partial charge in [0.2, 0.25) is 0 Å². The molecule has 1 aromatic carbocycles. The second-order valence-corrected chi connectivity index (χ2v) is 5.59. The number of nitrogens with one attached hydrogen (secondary N) is 1. The molecule has 0 spiro atoms. The van der Waals surface area contributed by atoms with Gasteiger partial charge in [0.15, 0.2) is 0 Å². The van der Waals surface area contributed by atoms with Gasteiger partial charge in [-0.25, -0.2) is 9.48 Å². The zero-order chi connectivity index (χ0) is 16.4. The van der Waals surface area contributed by atoms with Crippen LogP contribution in [0.1, 0.15) is 31.1 Å². The number of nitrogens with zero attached hydrogens (tertiary/aromatic N) is 4. The molecule has 3 rings (SSSR count). The van der Waals surface area contributed by atoms with Gasteiger partial charge in [-0.15, -0.1) is 5.10 Å². The van der Waals surface area contributed by atoms with Crippen molar-refractivity contribution in [2.75, 3.05) is 0 Å². The Balaban J connectivity index is 1.96. The molecule has 118 valence electrons. The predicted octanol–water partition coefficient (Wildman–Crippen LogP) is 1.29. The molecule has 1 N–H and O–H groups in total. The first-order valence-corrected chi connectivity index (χ1v) is 7.35. The first-order valence-electron chi connectivity index (χ1n) is 7.35. The number of aromatic amines is 1. The van der Waals surface area contributed by atoms with E-state index in [4.69, 9.17) is 0 Å². The van der Waals surface area contributed by atoms with Crippen LogP contribution in [0.3, 0.4) is 0 Å². The van der Waals surface area contributed by atoms with Gasteiger partial charge in [0.25, 0.3) is 5.56 Å². The largest absolute Gasteiger partial charge is 0.328 e. The lowest BCUT2D eigenvalue weighted by Gasteiger charge is -2.10. The van der Waals surface area contributed by atoms with E-state index in [1.807, 2.05) is 44.2 Å². The summed E-state index contributed by atoms with van der Waals surface area (Å²) in [6, 6.07) is 9.82. The van der Waals surface area contributed by atoms with Crippen LogP contribution in [-0.4, -0.2) is 24.5 Å². The van der Waals surface area contributed by atoms with Crippen LogP contribution in [0, 0.1) is 0 Å². The van der Waals surface area contributed by atoms with Crippen molar-refractivity contribution in [3.63, 3.8) is 0 Å². The van der Waals surface area contributed by atoms with Gasteiger partial charge in [-0.05, 0) is 19.4 Å². The van der Waals surface area contributed by atoms with Crippen LogP contribution in [0.15, 0.2) is 52.3 Å². The molecule has 7 nitrogen and oxygen atoms in total. The maximum absolute atomic E-state index is 12.0. The van der Waals surface area contributed by atoms with E-state index in [1.165, 1.54) is 15.4 Å². The maximum atomic E-state index is 12.0. The third-order valence-corrected chi connectivity index (χ3v) is 3.52. The smallest absolute Gasteiger partial charge is 0.296 e. The molecule has 2 heterocycles. The highest BCUT2D eigenvalue weighted by molar-refractivity contribution is 5.26. The molecule has 0 amide bonds. The van der Waals surface area contributed by atoms with Gasteiger partial charge >= 0.3 is 5.69 Å². The number of benzene rings is 1. The Morgan fingerprint density at radius 3 is 2.57 bits per heavy atom. The zero-order valence-corrected chi connectivity index (χ0v) is 12.9. The third kappa shape index (κ3) is 3.13. The molecule has 3 aromatic rings. The van der Waals surface area contributed by atoms with Crippen molar-refractivity contribution in [1.29, 1.82) is 0 Å². The summed E-state index contributed by atoms with van der Waals surface area (Å²) in [6.07, 6.45) is 3.84. The van der Waals surface area contributed by atoms with Crippen LogP contribution in [0.25, 0.3) is 5.69 Å². The van der Waals surface area contributed by atoms with E-state index < -0.39 is 11.2 Å². The second kappa shape index (κ2) is 6.04. The number of H-pyrrole nitrogens is 1. The minimum atomic E-state index is -0.483. The van der Waals surface area contributed by atoms with Crippen LogP contribution in [0.5, 0.6) is 0 Å². The Kier molecular flexibility index (Phi) is 3.92. The van der Waals surface area contributed by atoms with Gasteiger partial charge in [0, 0.05) is 18.7 Å². The minimum Gasteiger partial charge on any atom is -0.296 e. The van der Waals surface area contributed by atoms with Crippen LogP contribution >= 0.6 is 0 Å². The summed E-state index contributed by atoms with van der Waals surface area (Å²) in [7, 11) is 0. The van der Waals surface area contributed by atoms with Crippen molar-refractivity contribution in [2.45, 2.75) is 26.3 Å². The molecule has 7 heteroatoms. The standard InChI is InChI=1S/C16H17N5O2/c1-11(2)20-10-14(15(22)17-16(20)23)21-9-13(18-19-21)8-12-6-4-3-5-7-12/h3-7,9-11H,8H2,1-2H3,(H,17,22,23). The van der Waals surface area contributed by atoms with E-state index in [0.29, 0.717) is 6.42 Å². The fourth-order valence-corrected chi connectivity index (χ4v) is 2.32. The number of hydrogen-bond donors (Lipinski definition) is 1. The highest BCUT2D eigenvalue weighted by atomic mass is 16.2. The van der Waals surface area contributed by atoms with Crippen molar-refractivity contribution in [2.24, 2.45) is 0 Å². The number of rotatable bonds is 4. The molecule has 0 radical (unpaired) electrons. The molecule has 0 aliphatic rings. The van der Waals surface area contributed by atoms with Crippen LogP contribution in [0.4, 0.5) is 0 Å². The van der Waals surface area contributed by atoms with E-state index in [2.05, 4.69) is 15.3 Å². The molecule has 0 saturated carbocycles. The number of hydrogen-bond acceptors (Lipinski definition) is 4. The van der Waals surface area contributed by atoms with Gasteiger partial charge in [-0.2, -0.15) is 0 Å². The Morgan fingerprint density at radius 2 is 1.87 bits per heavy atom. The van der Waals surface area contributed by atoms with Crippen molar-refractivity contribution in [1.82, 2.24) is 24.5 Å². The van der Waals surface area contributed by atoms with Crippen LogP contribution in [-0.2, 0) is 6.42 Å². The summed E-state index contributed by atoms with van der Waals surface area (Å²) in [6.45, 7) is 3.73. The second-order valence-electron chi connectivity index (χ2n) is 5.59. The molecular formula is C16H17N5O2. The Morgan fingerprint density at radius 1 is 1.13 bits per heavy atom.